The molecule has 0 aliphatic carbocycles. The monoisotopic (exact) mass is 429 g/mol. The van der Waals surface area contributed by atoms with Gasteiger partial charge in [-0.05, 0) is 58.8 Å². The van der Waals surface area contributed by atoms with Crippen molar-refractivity contribution in [3.63, 3.8) is 0 Å². The summed E-state index contributed by atoms with van der Waals surface area (Å²) >= 11 is 2.08. The van der Waals surface area contributed by atoms with Crippen LogP contribution in [0.15, 0.2) is 36.4 Å². The van der Waals surface area contributed by atoms with E-state index in [9.17, 15) is 9.18 Å². The van der Waals surface area contributed by atoms with E-state index < -0.39 is 0 Å². The summed E-state index contributed by atoms with van der Waals surface area (Å²) in [5.74, 6) is 0.603. The number of carbonyl (C=O) groups excluding carboxylic acids is 1. The lowest BCUT2D eigenvalue weighted by Gasteiger charge is -2.12. The summed E-state index contributed by atoms with van der Waals surface area (Å²) in [4.78, 5) is 12.3. The summed E-state index contributed by atoms with van der Waals surface area (Å²) in [5, 5.41) is 2.83. The molecule has 0 unspecified atom stereocenters. The molecule has 0 heterocycles. The van der Waals surface area contributed by atoms with Crippen LogP contribution in [0.1, 0.15) is 15.9 Å². The molecule has 0 saturated heterocycles. The van der Waals surface area contributed by atoms with E-state index in [1.54, 1.807) is 25.3 Å². The second kappa shape index (κ2) is 8.14. The van der Waals surface area contributed by atoms with Gasteiger partial charge in [0.1, 0.15) is 5.82 Å². The molecule has 0 aromatic heterocycles. The largest absolute Gasteiger partial charge is 0.493 e. The van der Waals surface area contributed by atoms with Gasteiger partial charge in [0.25, 0.3) is 5.91 Å². The highest BCUT2D eigenvalue weighted by Gasteiger charge is 2.15. The van der Waals surface area contributed by atoms with Crippen LogP contribution in [0.5, 0.6) is 11.5 Å². The Bertz CT molecular complexity index is 706. The molecule has 1 amide bonds. The maximum Gasteiger partial charge on any atom is 0.252 e. The van der Waals surface area contributed by atoms with Gasteiger partial charge in [-0.2, -0.15) is 0 Å². The van der Waals surface area contributed by atoms with Crippen molar-refractivity contribution in [1.29, 1.82) is 0 Å². The number of ether oxygens (including phenoxy) is 2. The van der Waals surface area contributed by atoms with E-state index in [2.05, 4.69) is 27.9 Å². The third-order valence-corrected chi connectivity index (χ3v) is 4.20. The Morgan fingerprint density at radius 1 is 1.17 bits per heavy atom. The Kier molecular flexibility index (Phi) is 6.20. The molecule has 0 atom stereocenters. The predicted molar refractivity (Wildman–Crippen MR) is 94.7 cm³/mol. The van der Waals surface area contributed by atoms with Gasteiger partial charge in [-0.15, -0.1) is 0 Å². The Morgan fingerprint density at radius 3 is 2.52 bits per heavy atom. The van der Waals surface area contributed by atoms with Crippen LogP contribution in [0.2, 0.25) is 0 Å². The van der Waals surface area contributed by atoms with E-state index in [0.29, 0.717) is 30.0 Å². The third kappa shape index (κ3) is 4.57. The van der Waals surface area contributed by atoms with Crippen molar-refractivity contribution in [1.82, 2.24) is 5.32 Å². The lowest BCUT2D eigenvalue weighted by Crippen LogP contribution is -2.26. The lowest BCUT2D eigenvalue weighted by molar-refractivity contribution is 0.0953. The fourth-order valence-corrected chi connectivity index (χ4v) is 2.82. The average Bonchev–Trinajstić information content (AvgIpc) is 2.54. The van der Waals surface area contributed by atoms with Crippen LogP contribution in [0, 0.1) is 9.39 Å². The fraction of sp³-hybridized carbons (Fsp3) is 0.235. The average molecular weight is 429 g/mol. The minimum absolute atomic E-state index is 0.202. The highest BCUT2D eigenvalue weighted by molar-refractivity contribution is 14.1. The number of halogens is 2. The van der Waals surface area contributed by atoms with Crippen molar-refractivity contribution < 1.29 is 18.7 Å². The SMILES string of the molecule is COc1cc(I)c(C(=O)NCCc2cccc(F)c2)cc1OC. The van der Waals surface area contributed by atoms with Crippen LogP contribution in [0.3, 0.4) is 0 Å². The summed E-state index contributed by atoms with van der Waals surface area (Å²) in [7, 11) is 3.07. The zero-order valence-corrected chi connectivity index (χ0v) is 15.0. The maximum absolute atomic E-state index is 13.1. The summed E-state index contributed by atoms with van der Waals surface area (Å²) in [6.45, 7) is 0.423. The van der Waals surface area contributed by atoms with Gasteiger partial charge in [0.05, 0.1) is 19.8 Å². The van der Waals surface area contributed by atoms with Crippen molar-refractivity contribution in [2.24, 2.45) is 0 Å². The number of amides is 1. The van der Waals surface area contributed by atoms with E-state index in [1.165, 1.54) is 19.2 Å². The topological polar surface area (TPSA) is 47.6 Å². The van der Waals surface area contributed by atoms with Crippen LogP contribution in [0.25, 0.3) is 0 Å². The molecule has 2 aromatic rings. The number of rotatable bonds is 6. The number of methoxy groups -OCH3 is 2. The van der Waals surface area contributed by atoms with Gasteiger partial charge < -0.3 is 14.8 Å². The number of carbonyl (C=O) groups is 1. The van der Waals surface area contributed by atoms with Gasteiger partial charge in [0, 0.05) is 10.1 Å². The third-order valence-electron chi connectivity index (χ3n) is 3.31. The molecule has 2 aromatic carbocycles. The second-order valence-electron chi connectivity index (χ2n) is 4.82. The molecule has 1 N–H and O–H groups in total. The van der Waals surface area contributed by atoms with Crippen LogP contribution in [-0.2, 0) is 6.42 Å². The van der Waals surface area contributed by atoms with Gasteiger partial charge in [-0.25, -0.2) is 4.39 Å². The quantitative estimate of drug-likeness (QED) is 0.717. The summed E-state index contributed by atoms with van der Waals surface area (Å²) in [6.07, 6.45) is 0.563. The smallest absolute Gasteiger partial charge is 0.252 e. The minimum Gasteiger partial charge on any atom is -0.493 e. The van der Waals surface area contributed by atoms with Crippen LogP contribution >= 0.6 is 22.6 Å². The standard InChI is InChI=1S/C17H17FINO3/c1-22-15-9-13(14(19)10-16(15)23-2)17(21)20-7-6-11-4-3-5-12(18)8-11/h3-5,8-10H,6-7H2,1-2H3,(H,20,21). The van der Waals surface area contributed by atoms with Gasteiger partial charge in [-0.3, -0.25) is 4.79 Å². The first kappa shape index (κ1) is 17.5. The van der Waals surface area contributed by atoms with E-state index in [4.69, 9.17) is 9.47 Å². The van der Waals surface area contributed by atoms with E-state index >= 15 is 0 Å². The zero-order chi connectivity index (χ0) is 16.8. The molecule has 0 radical (unpaired) electrons. The normalized spacial score (nSPS) is 10.3. The molecule has 0 spiro atoms. The van der Waals surface area contributed by atoms with Crippen LogP contribution < -0.4 is 14.8 Å². The first-order valence-corrected chi connectivity index (χ1v) is 8.07. The first-order chi connectivity index (χ1) is 11.0. The second-order valence-corrected chi connectivity index (χ2v) is 5.99. The Morgan fingerprint density at radius 2 is 1.87 bits per heavy atom. The van der Waals surface area contributed by atoms with Crippen molar-refractivity contribution in [3.8, 4) is 11.5 Å². The molecule has 4 nitrogen and oxygen atoms in total. The Hall–Kier alpha value is -1.83. The van der Waals surface area contributed by atoms with Crippen molar-refractivity contribution in [3.05, 3.63) is 56.9 Å². The summed E-state index contributed by atoms with van der Waals surface area (Å²) in [6, 6.07) is 9.75. The molecule has 0 saturated carbocycles. The lowest BCUT2D eigenvalue weighted by atomic mass is 10.1. The minimum atomic E-state index is -0.275. The molecule has 0 bridgehead atoms. The van der Waals surface area contributed by atoms with Gasteiger partial charge in [-0.1, -0.05) is 12.1 Å². The van der Waals surface area contributed by atoms with E-state index in [0.717, 1.165) is 9.13 Å². The van der Waals surface area contributed by atoms with Crippen molar-refractivity contribution in [2.75, 3.05) is 20.8 Å². The molecular formula is C17H17FINO3. The highest BCUT2D eigenvalue weighted by atomic mass is 127. The molecule has 122 valence electrons. The number of nitrogens with one attached hydrogen (secondary N) is 1. The predicted octanol–water partition coefficient (Wildman–Crippen LogP) is 3.42. The maximum atomic E-state index is 13.1. The molecular weight excluding hydrogens is 412 g/mol. The molecule has 0 aliphatic rings. The molecule has 6 heteroatoms. The van der Waals surface area contributed by atoms with E-state index in [-0.39, 0.29) is 11.7 Å². The zero-order valence-electron chi connectivity index (χ0n) is 12.9. The van der Waals surface area contributed by atoms with E-state index in [1.807, 2.05) is 6.07 Å². The van der Waals surface area contributed by atoms with Gasteiger partial charge in [0.2, 0.25) is 0 Å². The molecule has 2 rings (SSSR count). The highest BCUT2D eigenvalue weighted by Crippen LogP contribution is 2.31. The number of hydrogen-bond donors (Lipinski definition) is 1. The number of hydrogen-bond acceptors (Lipinski definition) is 3. The fourth-order valence-electron chi connectivity index (χ4n) is 2.14. The molecule has 23 heavy (non-hydrogen) atoms. The van der Waals surface area contributed by atoms with Crippen LogP contribution in [0.4, 0.5) is 4.39 Å². The van der Waals surface area contributed by atoms with Crippen LogP contribution in [-0.4, -0.2) is 26.7 Å². The summed E-state index contributed by atoms with van der Waals surface area (Å²) in [5.41, 5.74) is 1.36. The Balaban J connectivity index is 2.03. The first-order valence-electron chi connectivity index (χ1n) is 6.99. The molecule has 0 aliphatic heterocycles. The Labute approximate surface area is 148 Å². The number of benzene rings is 2. The van der Waals surface area contributed by atoms with Gasteiger partial charge in [0.15, 0.2) is 11.5 Å². The summed E-state index contributed by atoms with van der Waals surface area (Å²) < 4.78 is 24.3. The van der Waals surface area contributed by atoms with Crippen molar-refractivity contribution >= 4 is 28.5 Å². The van der Waals surface area contributed by atoms with Crippen molar-refractivity contribution in [2.45, 2.75) is 6.42 Å². The van der Waals surface area contributed by atoms with Gasteiger partial charge >= 0.3 is 0 Å². The molecule has 0 fully saturated rings.